The zero-order valence-electron chi connectivity index (χ0n) is 18.1. The SMILES string of the molecule is O=C(O)CC(O)(CC(=O)OP(=O)(O)O)C(=O)O.[H-].[H-].[H-].[H-].[H-].[Na+].[Na+].[Na+].[Na+].[Na+]. The standard InChI is InChI=1S/C6H9O10P.5Na.5H/c7-3(8)1-6(12,5(10)11)2-4(9)16-17(13,14)15;;;;;;;;;;/h12H,1-2H2,(H,7,8)(H,10,11)(H2,13,14,15);;;;;;;;;;/q;5*+1;5*-1. The second-order valence-corrected chi connectivity index (χ2v) is 4.20. The largest absolute Gasteiger partial charge is 1.00 e. The summed E-state index contributed by atoms with van der Waals surface area (Å²) < 4.78 is 13.7. The number of hydrogen-bond donors (Lipinski definition) is 5. The van der Waals surface area contributed by atoms with Gasteiger partial charge in [-0.2, -0.15) is 0 Å². The first kappa shape index (κ1) is 40.3. The number of phosphoric acid groups is 1. The van der Waals surface area contributed by atoms with Crippen LogP contribution in [0.25, 0.3) is 0 Å². The maximum absolute atomic E-state index is 10.8. The van der Waals surface area contributed by atoms with Crippen LogP contribution in [-0.4, -0.2) is 48.6 Å². The summed E-state index contributed by atoms with van der Waals surface area (Å²) in [5.74, 6) is -5.47. The van der Waals surface area contributed by atoms with Gasteiger partial charge in [-0.05, 0) is 0 Å². The molecular weight excluding hydrogens is 378 g/mol. The van der Waals surface area contributed by atoms with Gasteiger partial charge in [0.25, 0.3) is 0 Å². The Kier molecular flexibility index (Phi) is 32.8. The Morgan fingerprint density at radius 1 is 0.955 bits per heavy atom. The molecule has 0 aliphatic rings. The van der Waals surface area contributed by atoms with Crippen LogP contribution >= 0.6 is 7.82 Å². The predicted octanol–water partition coefficient (Wildman–Crippen LogP) is -16.1. The van der Waals surface area contributed by atoms with Gasteiger partial charge in [0.1, 0.15) is 0 Å². The number of carbonyl (C=O) groups is 3. The summed E-state index contributed by atoms with van der Waals surface area (Å²) in [5.41, 5.74) is -2.99. The molecule has 1 atom stereocenters. The van der Waals surface area contributed by atoms with Gasteiger partial charge in [-0.15, -0.1) is 0 Å². The van der Waals surface area contributed by atoms with Crippen molar-refractivity contribution in [3.05, 3.63) is 0 Å². The Balaban J connectivity index is -0.0000000284. The van der Waals surface area contributed by atoms with Gasteiger partial charge in [-0.3, -0.25) is 19.4 Å². The summed E-state index contributed by atoms with van der Waals surface area (Å²) in [4.78, 5) is 48.1. The molecule has 0 aromatic carbocycles. The Morgan fingerprint density at radius 3 is 1.55 bits per heavy atom. The van der Waals surface area contributed by atoms with E-state index in [0.717, 1.165) is 0 Å². The van der Waals surface area contributed by atoms with Crippen molar-refractivity contribution in [2.45, 2.75) is 18.4 Å². The van der Waals surface area contributed by atoms with Crippen molar-refractivity contribution in [1.29, 1.82) is 0 Å². The fourth-order valence-electron chi connectivity index (χ4n) is 0.868. The number of aliphatic carboxylic acids is 2. The van der Waals surface area contributed by atoms with Crippen LogP contribution in [0.15, 0.2) is 0 Å². The summed E-state index contributed by atoms with van der Waals surface area (Å²) in [5, 5.41) is 26.1. The third kappa shape index (κ3) is 19.8. The second kappa shape index (κ2) is 17.9. The number of carboxylic acids is 2. The Bertz CT molecular complexity index is 418. The Hall–Kier alpha value is 3.52. The third-order valence-corrected chi connectivity index (χ3v) is 1.94. The van der Waals surface area contributed by atoms with E-state index < -0.39 is 44.2 Å². The molecule has 5 N–H and O–H groups in total. The predicted molar refractivity (Wildman–Crippen MR) is 53.2 cm³/mol. The average Bonchev–Trinajstić information content (AvgIpc) is 1.96. The zero-order chi connectivity index (χ0) is 13.9. The van der Waals surface area contributed by atoms with Gasteiger partial charge >= 0.3 is 174 Å². The molecule has 0 aromatic heterocycles. The first-order valence-electron chi connectivity index (χ1n) is 3.92. The summed E-state index contributed by atoms with van der Waals surface area (Å²) in [6.07, 6.45) is -2.72. The normalized spacial score (nSPS) is 11.4. The molecule has 16 heteroatoms. The van der Waals surface area contributed by atoms with Crippen molar-refractivity contribution in [3.8, 4) is 0 Å². The summed E-state index contributed by atoms with van der Waals surface area (Å²) in [6.45, 7) is 0. The monoisotopic (exact) mass is 392 g/mol. The number of carbonyl (C=O) groups excluding carboxylic acids is 1. The van der Waals surface area contributed by atoms with Crippen molar-refractivity contribution in [3.63, 3.8) is 0 Å². The molecule has 10 nitrogen and oxygen atoms in total. The van der Waals surface area contributed by atoms with Crippen LogP contribution in [0.5, 0.6) is 0 Å². The van der Waals surface area contributed by atoms with Crippen LogP contribution < -0.4 is 148 Å². The minimum Gasteiger partial charge on any atom is -1.00 e. The maximum Gasteiger partial charge on any atom is 1.00 e. The minimum atomic E-state index is -5.17. The molecule has 108 valence electrons. The minimum absolute atomic E-state index is 0. The van der Waals surface area contributed by atoms with E-state index in [0.29, 0.717) is 0 Å². The van der Waals surface area contributed by atoms with Crippen LogP contribution in [0.1, 0.15) is 20.0 Å². The van der Waals surface area contributed by atoms with E-state index >= 15 is 0 Å². The molecule has 0 saturated heterocycles. The van der Waals surface area contributed by atoms with E-state index in [1.165, 1.54) is 0 Å². The number of rotatable bonds is 6. The molecule has 0 spiro atoms. The topological polar surface area (TPSA) is 179 Å². The zero-order valence-corrected chi connectivity index (χ0v) is 24.0. The number of phosphoric ester groups is 1. The number of carboxylic acid groups (broad SMARTS) is 2. The van der Waals surface area contributed by atoms with Crippen LogP contribution in [0.3, 0.4) is 0 Å². The van der Waals surface area contributed by atoms with E-state index in [9.17, 15) is 24.1 Å². The van der Waals surface area contributed by atoms with Crippen molar-refractivity contribution < 1.29 is 203 Å². The maximum atomic E-state index is 10.8. The molecule has 0 rings (SSSR count). The van der Waals surface area contributed by atoms with Crippen LogP contribution in [0.4, 0.5) is 0 Å². The van der Waals surface area contributed by atoms with Crippen LogP contribution in [0.2, 0.25) is 0 Å². The molecule has 0 amide bonds. The first-order chi connectivity index (χ1) is 7.46. The molecular formula is C6H14Na5O10P. The van der Waals surface area contributed by atoms with E-state index in [2.05, 4.69) is 4.52 Å². The average molecular weight is 392 g/mol. The van der Waals surface area contributed by atoms with Crippen LogP contribution in [-0.2, 0) is 23.5 Å². The first-order valence-corrected chi connectivity index (χ1v) is 5.45. The number of hydrogen-bond acceptors (Lipinski definition) is 6. The summed E-state index contributed by atoms with van der Waals surface area (Å²) in [7, 11) is -5.17. The van der Waals surface area contributed by atoms with Crippen molar-refractivity contribution >= 4 is 25.7 Å². The molecule has 0 saturated carbocycles. The quantitative estimate of drug-likeness (QED) is 0.215. The molecule has 0 aliphatic carbocycles. The van der Waals surface area contributed by atoms with Gasteiger partial charge in [0, 0.05) is 0 Å². The smallest absolute Gasteiger partial charge is 1.00 e. The third-order valence-electron chi connectivity index (χ3n) is 1.50. The summed E-state index contributed by atoms with van der Waals surface area (Å²) >= 11 is 0. The van der Waals surface area contributed by atoms with Gasteiger partial charge in [0.2, 0.25) is 0 Å². The molecule has 0 bridgehead atoms. The Morgan fingerprint density at radius 2 is 1.32 bits per heavy atom. The fourth-order valence-corrected chi connectivity index (χ4v) is 1.20. The summed E-state index contributed by atoms with van der Waals surface area (Å²) in [6, 6.07) is 0. The molecule has 0 heterocycles. The van der Waals surface area contributed by atoms with Gasteiger partial charge in [0.05, 0.1) is 12.8 Å². The fraction of sp³-hybridized carbons (Fsp3) is 0.500. The second-order valence-electron chi connectivity index (χ2n) is 3.04. The van der Waals surface area contributed by atoms with Crippen molar-refractivity contribution in [2.24, 2.45) is 0 Å². The molecule has 0 fully saturated rings. The van der Waals surface area contributed by atoms with Crippen molar-refractivity contribution in [2.75, 3.05) is 0 Å². The van der Waals surface area contributed by atoms with Gasteiger partial charge < -0.3 is 27.0 Å². The van der Waals surface area contributed by atoms with Gasteiger partial charge in [-0.25, -0.2) is 9.36 Å². The molecule has 22 heavy (non-hydrogen) atoms. The van der Waals surface area contributed by atoms with Gasteiger partial charge in [0.15, 0.2) is 5.60 Å². The molecule has 0 aromatic rings. The van der Waals surface area contributed by atoms with E-state index in [1.807, 2.05) is 0 Å². The molecule has 0 aliphatic heterocycles. The Labute approximate surface area is 243 Å². The molecule has 0 radical (unpaired) electrons. The van der Waals surface area contributed by atoms with E-state index in [1.54, 1.807) is 0 Å². The number of aliphatic hydroxyl groups is 1. The van der Waals surface area contributed by atoms with Crippen molar-refractivity contribution in [1.82, 2.24) is 0 Å². The van der Waals surface area contributed by atoms with E-state index in [-0.39, 0.29) is 155 Å². The molecule has 1 unspecified atom stereocenters. The van der Waals surface area contributed by atoms with Gasteiger partial charge in [-0.1, -0.05) is 0 Å². The van der Waals surface area contributed by atoms with Crippen LogP contribution in [0, 0.1) is 0 Å². The van der Waals surface area contributed by atoms with E-state index in [4.69, 9.17) is 20.0 Å².